The van der Waals surface area contributed by atoms with Crippen LogP contribution in [-0.4, -0.2) is 16.8 Å². The van der Waals surface area contributed by atoms with Crippen LogP contribution < -0.4 is 5.48 Å². The zero-order valence-electron chi connectivity index (χ0n) is 12.5. The SMILES string of the molecule is CC(C)(C)ONC(=O)O.c1ccc(-c2ccccc2)cc1. The molecule has 1 amide bonds. The molecule has 0 saturated carbocycles. The highest BCUT2D eigenvalue weighted by Gasteiger charge is 2.11. The highest BCUT2D eigenvalue weighted by atomic mass is 16.7. The second-order valence-corrected chi connectivity index (χ2v) is 5.35. The minimum Gasteiger partial charge on any atom is -0.464 e. The van der Waals surface area contributed by atoms with Gasteiger partial charge in [-0.3, -0.25) is 4.84 Å². The van der Waals surface area contributed by atoms with E-state index in [1.807, 2.05) is 12.1 Å². The molecule has 2 N–H and O–H groups in total. The molecule has 0 radical (unpaired) electrons. The number of carbonyl (C=O) groups is 1. The number of hydroxylamine groups is 1. The number of carboxylic acid groups (broad SMARTS) is 1. The Morgan fingerprint density at radius 2 is 1.29 bits per heavy atom. The molecule has 0 aromatic heterocycles. The Balaban J connectivity index is 0.000000222. The predicted octanol–water partition coefficient (Wildman–Crippen LogP) is 4.34. The molecule has 112 valence electrons. The summed E-state index contributed by atoms with van der Waals surface area (Å²) >= 11 is 0. The minimum atomic E-state index is -1.18. The molecule has 21 heavy (non-hydrogen) atoms. The molecule has 0 aliphatic rings. The van der Waals surface area contributed by atoms with E-state index < -0.39 is 11.7 Å². The number of benzene rings is 2. The van der Waals surface area contributed by atoms with Crippen molar-refractivity contribution in [1.82, 2.24) is 5.48 Å². The maximum absolute atomic E-state index is 9.81. The van der Waals surface area contributed by atoms with Gasteiger partial charge >= 0.3 is 6.09 Å². The van der Waals surface area contributed by atoms with E-state index in [9.17, 15) is 4.79 Å². The molecule has 0 fully saturated rings. The fourth-order valence-corrected chi connectivity index (χ4v) is 1.46. The second-order valence-electron chi connectivity index (χ2n) is 5.35. The van der Waals surface area contributed by atoms with Gasteiger partial charge in [-0.25, -0.2) is 4.79 Å². The summed E-state index contributed by atoms with van der Waals surface area (Å²) < 4.78 is 0. The standard InChI is InChI=1S/C12H10.C5H11NO3/c1-3-7-11(8-4-1)12-9-5-2-6-10-12;1-5(2,3)9-6-4(7)8/h1-10H;6H,1-3H3,(H,7,8). The van der Waals surface area contributed by atoms with Crippen LogP contribution in [0.5, 0.6) is 0 Å². The third-order valence-corrected chi connectivity index (χ3v) is 2.33. The van der Waals surface area contributed by atoms with Gasteiger partial charge in [-0.2, -0.15) is 5.48 Å². The van der Waals surface area contributed by atoms with Gasteiger partial charge in [-0.05, 0) is 31.9 Å². The van der Waals surface area contributed by atoms with Gasteiger partial charge in [0.25, 0.3) is 0 Å². The first-order valence-corrected chi connectivity index (χ1v) is 6.66. The fraction of sp³-hybridized carbons (Fsp3) is 0.235. The molecule has 0 spiro atoms. The first kappa shape index (κ1) is 16.7. The molecule has 4 nitrogen and oxygen atoms in total. The van der Waals surface area contributed by atoms with Crippen molar-refractivity contribution in [3.05, 3.63) is 60.7 Å². The maximum Gasteiger partial charge on any atom is 0.428 e. The fourth-order valence-electron chi connectivity index (χ4n) is 1.46. The minimum absolute atomic E-state index is 0.460. The highest BCUT2D eigenvalue weighted by molar-refractivity contribution is 5.63. The molecule has 0 atom stereocenters. The topological polar surface area (TPSA) is 58.6 Å². The van der Waals surface area contributed by atoms with E-state index in [2.05, 4.69) is 53.4 Å². The summed E-state index contributed by atoms with van der Waals surface area (Å²) in [6, 6.07) is 20.8. The van der Waals surface area contributed by atoms with Crippen molar-refractivity contribution in [1.29, 1.82) is 0 Å². The summed E-state index contributed by atoms with van der Waals surface area (Å²) in [7, 11) is 0. The molecule has 2 aromatic rings. The lowest BCUT2D eigenvalue weighted by molar-refractivity contribution is -0.0614. The molecule has 0 saturated heterocycles. The smallest absolute Gasteiger partial charge is 0.428 e. The van der Waals surface area contributed by atoms with Crippen LogP contribution in [0, 0.1) is 0 Å². The van der Waals surface area contributed by atoms with Crippen LogP contribution in [0.4, 0.5) is 4.79 Å². The van der Waals surface area contributed by atoms with Gasteiger partial charge in [-0.15, -0.1) is 0 Å². The molecule has 4 heteroatoms. The van der Waals surface area contributed by atoms with Crippen molar-refractivity contribution >= 4 is 6.09 Å². The van der Waals surface area contributed by atoms with E-state index in [-0.39, 0.29) is 0 Å². The Labute approximate surface area is 125 Å². The summed E-state index contributed by atoms with van der Waals surface area (Å²) in [6.07, 6.45) is -1.18. The summed E-state index contributed by atoms with van der Waals surface area (Å²) in [5.74, 6) is 0. The predicted molar refractivity (Wildman–Crippen MR) is 83.9 cm³/mol. The molecular formula is C17H21NO3. The van der Waals surface area contributed by atoms with Crippen molar-refractivity contribution in [3.63, 3.8) is 0 Å². The monoisotopic (exact) mass is 287 g/mol. The first-order valence-electron chi connectivity index (χ1n) is 6.66. The van der Waals surface area contributed by atoms with E-state index in [0.717, 1.165) is 0 Å². The largest absolute Gasteiger partial charge is 0.464 e. The lowest BCUT2D eigenvalue weighted by Gasteiger charge is -2.16. The third-order valence-electron chi connectivity index (χ3n) is 2.33. The van der Waals surface area contributed by atoms with Crippen LogP contribution in [0.25, 0.3) is 11.1 Å². The van der Waals surface area contributed by atoms with Gasteiger partial charge in [-0.1, -0.05) is 60.7 Å². The number of hydrogen-bond acceptors (Lipinski definition) is 2. The zero-order valence-corrected chi connectivity index (χ0v) is 12.5. The van der Waals surface area contributed by atoms with Crippen molar-refractivity contribution in [3.8, 4) is 11.1 Å². The summed E-state index contributed by atoms with van der Waals surface area (Å²) in [5.41, 5.74) is 3.89. The van der Waals surface area contributed by atoms with Gasteiger partial charge in [0.2, 0.25) is 0 Å². The normalized spacial score (nSPS) is 10.2. The van der Waals surface area contributed by atoms with E-state index >= 15 is 0 Å². The first-order chi connectivity index (χ1) is 9.88. The molecule has 0 bridgehead atoms. The molecule has 0 aliphatic heterocycles. The molecule has 2 rings (SSSR count). The zero-order chi connectivity index (χ0) is 15.7. The Bertz CT molecular complexity index is 495. The Morgan fingerprint density at radius 3 is 1.52 bits per heavy atom. The van der Waals surface area contributed by atoms with E-state index in [1.165, 1.54) is 11.1 Å². The highest BCUT2D eigenvalue weighted by Crippen LogP contribution is 2.17. The quantitative estimate of drug-likeness (QED) is 0.808. The van der Waals surface area contributed by atoms with Crippen LogP contribution >= 0.6 is 0 Å². The van der Waals surface area contributed by atoms with Gasteiger partial charge in [0.15, 0.2) is 0 Å². The summed E-state index contributed by atoms with van der Waals surface area (Å²) in [5, 5.41) is 8.04. The molecular weight excluding hydrogens is 266 g/mol. The summed E-state index contributed by atoms with van der Waals surface area (Å²) in [4.78, 5) is 14.5. The lowest BCUT2D eigenvalue weighted by atomic mass is 10.1. The number of hydrogen-bond donors (Lipinski definition) is 2. The van der Waals surface area contributed by atoms with Gasteiger partial charge in [0.1, 0.15) is 0 Å². The third kappa shape index (κ3) is 7.74. The Hall–Kier alpha value is -2.33. The molecule has 0 unspecified atom stereocenters. The Kier molecular flexibility index (Phi) is 6.43. The molecule has 2 aromatic carbocycles. The maximum atomic E-state index is 9.81. The Morgan fingerprint density at radius 1 is 0.905 bits per heavy atom. The van der Waals surface area contributed by atoms with Crippen LogP contribution in [0.2, 0.25) is 0 Å². The molecule has 0 heterocycles. The summed E-state index contributed by atoms with van der Waals surface area (Å²) in [6.45, 7) is 5.26. The molecule has 0 aliphatic carbocycles. The average molecular weight is 287 g/mol. The second kappa shape index (κ2) is 8.07. The van der Waals surface area contributed by atoms with Crippen LogP contribution in [0.3, 0.4) is 0 Å². The number of amides is 1. The van der Waals surface area contributed by atoms with Crippen molar-refractivity contribution in [2.75, 3.05) is 0 Å². The van der Waals surface area contributed by atoms with Gasteiger partial charge in [0.05, 0.1) is 5.60 Å². The number of nitrogens with one attached hydrogen (secondary N) is 1. The van der Waals surface area contributed by atoms with Crippen LogP contribution in [0.1, 0.15) is 20.8 Å². The lowest BCUT2D eigenvalue weighted by Crippen LogP contribution is -2.32. The van der Waals surface area contributed by atoms with E-state index in [4.69, 9.17) is 5.11 Å². The average Bonchev–Trinajstić information content (AvgIpc) is 2.47. The number of rotatable bonds is 2. The van der Waals surface area contributed by atoms with Crippen LogP contribution in [0.15, 0.2) is 60.7 Å². The van der Waals surface area contributed by atoms with Crippen LogP contribution in [-0.2, 0) is 4.84 Å². The van der Waals surface area contributed by atoms with E-state index in [0.29, 0.717) is 0 Å². The van der Waals surface area contributed by atoms with E-state index in [1.54, 1.807) is 26.3 Å². The van der Waals surface area contributed by atoms with Crippen molar-refractivity contribution in [2.45, 2.75) is 26.4 Å². The van der Waals surface area contributed by atoms with Crippen molar-refractivity contribution in [2.24, 2.45) is 0 Å². The van der Waals surface area contributed by atoms with Crippen molar-refractivity contribution < 1.29 is 14.7 Å². The van der Waals surface area contributed by atoms with Gasteiger partial charge in [0, 0.05) is 0 Å². The van der Waals surface area contributed by atoms with Gasteiger partial charge < -0.3 is 5.11 Å².